The lowest BCUT2D eigenvalue weighted by Gasteiger charge is -2.38. The van der Waals surface area contributed by atoms with Gasteiger partial charge in [-0.1, -0.05) is 6.07 Å². The molecule has 1 aromatic carbocycles. The van der Waals surface area contributed by atoms with Crippen molar-refractivity contribution in [3.8, 4) is 17.0 Å². The third-order valence-electron chi connectivity index (χ3n) is 6.89. The van der Waals surface area contributed by atoms with E-state index in [1.807, 2.05) is 0 Å². The van der Waals surface area contributed by atoms with Gasteiger partial charge in [0.05, 0.1) is 55.6 Å². The van der Waals surface area contributed by atoms with E-state index < -0.39 is 37.3 Å². The van der Waals surface area contributed by atoms with E-state index >= 15 is 4.39 Å². The molecular weight excluding hydrogens is 525 g/mol. The summed E-state index contributed by atoms with van der Waals surface area (Å²) in [7, 11) is 2.85. The molecule has 210 valence electrons. The standard InChI is InChI=1S/C25H28F5N7O2/c1-14-31-17-5-4-15(10-18(17)36(14)12-20(27)28)21-16(26)11-37-22(21)23(39-3)33-24(34-37)32-19-6-7-35(8-9-38-2)13-25(19,29)30/h4-5,10-11,19-20H,6-9,12-13H2,1-3H3,(H,32,34). The van der Waals surface area contributed by atoms with Crippen molar-refractivity contribution in [2.24, 2.45) is 0 Å². The van der Waals surface area contributed by atoms with Crippen LogP contribution >= 0.6 is 0 Å². The Morgan fingerprint density at radius 2 is 2.00 bits per heavy atom. The molecule has 1 saturated heterocycles. The minimum atomic E-state index is -3.07. The topological polar surface area (TPSA) is 81.7 Å². The summed E-state index contributed by atoms with van der Waals surface area (Å²) in [6.07, 6.45) is -1.37. The first kappa shape index (κ1) is 27.1. The number of hydrogen-bond donors (Lipinski definition) is 1. The summed E-state index contributed by atoms with van der Waals surface area (Å²) >= 11 is 0. The first-order valence-corrected chi connectivity index (χ1v) is 12.3. The Hall–Kier alpha value is -3.52. The van der Waals surface area contributed by atoms with Crippen molar-refractivity contribution in [3.05, 3.63) is 36.0 Å². The zero-order chi connectivity index (χ0) is 27.9. The van der Waals surface area contributed by atoms with Crippen LogP contribution in [0, 0.1) is 12.7 Å². The monoisotopic (exact) mass is 553 g/mol. The number of anilines is 1. The zero-order valence-corrected chi connectivity index (χ0v) is 21.6. The van der Waals surface area contributed by atoms with Crippen LogP contribution in [0.5, 0.6) is 5.88 Å². The van der Waals surface area contributed by atoms with Gasteiger partial charge in [0.15, 0.2) is 5.82 Å². The summed E-state index contributed by atoms with van der Waals surface area (Å²) in [5, 5.41) is 6.93. The molecular formula is C25H28F5N7O2. The second-order valence-electron chi connectivity index (χ2n) is 9.47. The molecule has 9 nitrogen and oxygen atoms in total. The largest absolute Gasteiger partial charge is 0.479 e. The Labute approximate surface area is 220 Å². The van der Waals surface area contributed by atoms with Gasteiger partial charge in [-0.05, 0) is 31.0 Å². The van der Waals surface area contributed by atoms with Gasteiger partial charge in [0.1, 0.15) is 11.3 Å². The number of nitrogens with zero attached hydrogens (tertiary/aromatic N) is 6. The maximum absolute atomic E-state index is 15.3. The second kappa shape index (κ2) is 10.6. The lowest BCUT2D eigenvalue weighted by molar-refractivity contribution is -0.0770. The van der Waals surface area contributed by atoms with Gasteiger partial charge in [0, 0.05) is 20.2 Å². The zero-order valence-electron chi connectivity index (χ0n) is 21.6. The third-order valence-corrected chi connectivity index (χ3v) is 6.89. The van der Waals surface area contributed by atoms with Gasteiger partial charge in [-0.15, -0.1) is 5.10 Å². The molecule has 1 fully saturated rings. The molecule has 1 N–H and O–H groups in total. The minimum Gasteiger partial charge on any atom is -0.479 e. The lowest BCUT2D eigenvalue weighted by Crippen LogP contribution is -2.55. The number of nitrogens with one attached hydrogen (secondary N) is 1. The molecule has 0 spiro atoms. The fraction of sp³-hybridized carbons (Fsp3) is 0.480. The van der Waals surface area contributed by atoms with E-state index in [-0.39, 0.29) is 29.3 Å². The third kappa shape index (κ3) is 5.22. The van der Waals surface area contributed by atoms with Crippen LogP contribution < -0.4 is 10.1 Å². The summed E-state index contributed by atoms with van der Waals surface area (Å²) in [6.45, 7) is 1.81. The highest BCUT2D eigenvalue weighted by molar-refractivity contribution is 5.90. The van der Waals surface area contributed by atoms with Gasteiger partial charge < -0.3 is 19.4 Å². The van der Waals surface area contributed by atoms with Crippen LogP contribution in [0.2, 0.25) is 0 Å². The van der Waals surface area contributed by atoms with E-state index in [4.69, 9.17) is 9.47 Å². The van der Waals surface area contributed by atoms with E-state index in [1.54, 1.807) is 30.0 Å². The van der Waals surface area contributed by atoms with Crippen molar-refractivity contribution in [2.75, 3.05) is 45.8 Å². The van der Waals surface area contributed by atoms with Crippen LogP contribution in [0.15, 0.2) is 24.4 Å². The molecule has 39 heavy (non-hydrogen) atoms. The number of benzene rings is 1. The normalized spacial score (nSPS) is 17.9. The Balaban J connectivity index is 1.49. The number of halogens is 5. The number of rotatable bonds is 9. The van der Waals surface area contributed by atoms with Crippen LogP contribution in [0.1, 0.15) is 12.2 Å². The Kier molecular flexibility index (Phi) is 7.33. The average molecular weight is 554 g/mol. The quantitative estimate of drug-likeness (QED) is 0.311. The lowest BCUT2D eigenvalue weighted by atomic mass is 10.0. The molecule has 1 atom stereocenters. The predicted molar refractivity (Wildman–Crippen MR) is 134 cm³/mol. The predicted octanol–water partition coefficient (Wildman–Crippen LogP) is 4.24. The number of aromatic nitrogens is 5. The van der Waals surface area contributed by atoms with Crippen LogP contribution in [0.25, 0.3) is 27.7 Å². The SMILES string of the molecule is COCCN1CCC(Nc2nc(OC)c3c(-c4ccc5nc(C)n(CC(F)F)c5c4)c(F)cn3n2)C(F)(F)C1. The van der Waals surface area contributed by atoms with Crippen molar-refractivity contribution in [3.63, 3.8) is 0 Å². The summed E-state index contributed by atoms with van der Waals surface area (Å²) in [5.74, 6) is -3.52. The molecule has 0 aliphatic carbocycles. The Morgan fingerprint density at radius 1 is 1.21 bits per heavy atom. The van der Waals surface area contributed by atoms with Gasteiger partial charge in [-0.3, -0.25) is 4.90 Å². The maximum atomic E-state index is 15.3. The van der Waals surface area contributed by atoms with E-state index in [0.717, 1.165) is 6.20 Å². The maximum Gasteiger partial charge on any atom is 0.280 e. The summed E-state index contributed by atoms with van der Waals surface area (Å²) in [5.41, 5.74) is 1.53. The van der Waals surface area contributed by atoms with Crippen molar-refractivity contribution in [2.45, 2.75) is 38.3 Å². The molecule has 4 heterocycles. The van der Waals surface area contributed by atoms with E-state index in [9.17, 15) is 17.6 Å². The van der Waals surface area contributed by atoms with Gasteiger partial charge in [0.2, 0.25) is 11.8 Å². The fourth-order valence-electron chi connectivity index (χ4n) is 5.02. The molecule has 1 aliphatic rings. The number of imidazole rings is 1. The van der Waals surface area contributed by atoms with Gasteiger partial charge in [-0.25, -0.2) is 31.5 Å². The minimum absolute atomic E-state index is 0.0374. The molecule has 0 saturated carbocycles. The Morgan fingerprint density at radius 3 is 2.69 bits per heavy atom. The molecule has 14 heteroatoms. The van der Waals surface area contributed by atoms with Crippen LogP contribution in [0.3, 0.4) is 0 Å². The van der Waals surface area contributed by atoms with Gasteiger partial charge >= 0.3 is 0 Å². The van der Waals surface area contributed by atoms with Crippen molar-refractivity contribution in [1.82, 2.24) is 29.0 Å². The second-order valence-corrected chi connectivity index (χ2v) is 9.47. The van der Waals surface area contributed by atoms with E-state index in [0.29, 0.717) is 42.1 Å². The highest BCUT2D eigenvalue weighted by Crippen LogP contribution is 2.36. The average Bonchev–Trinajstić information content (AvgIpc) is 3.37. The van der Waals surface area contributed by atoms with E-state index in [1.165, 1.54) is 23.3 Å². The molecule has 1 aliphatic heterocycles. The molecule has 0 radical (unpaired) electrons. The Bertz CT molecular complexity index is 1490. The summed E-state index contributed by atoms with van der Waals surface area (Å²) in [4.78, 5) is 10.2. The fourth-order valence-corrected chi connectivity index (χ4v) is 5.02. The number of hydrogen-bond acceptors (Lipinski definition) is 7. The van der Waals surface area contributed by atoms with Crippen LogP contribution in [-0.4, -0.2) is 87.9 Å². The molecule has 0 bridgehead atoms. The number of likely N-dealkylation sites (tertiary alicyclic amines) is 1. The first-order chi connectivity index (χ1) is 18.6. The van der Waals surface area contributed by atoms with Crippen LogP contribution in [0.4, 0.5) is 27.9 Å². The first-order valence-electron chi connectivity index (χ1n) is 12.3. The van der Waals surface area contributed by atoms with Crippen molar-refractivity contribution < 1.29 is 31.4 Å². The molecule has 5 rings (SSSR count). The van der Waals surface area contributed by atoms with E-state index in [2.05, 4.69) is 20.4 Å². The molecule has 4 aromatic rings. The summed E-state index contributed by atoms with van der Waals surface area (Å²) in [6, 6.07) is 3.56. The highest BCUT2D eigenvalue weighted by atomic mass is 19.3. The van der Waals surface area contributed by atoms with Gasteiger partial charge in [-0.2, -0.15) is 4.98 Å². The number of methoxy groups -OCH3 is 2. The molecule has 0 amide bonds. The summed E-state index contributed by atoms with van der Waals surface area (Å²) < 4.78 is 84.4. The molecule has 1 unspecified atom stereocenters. The number of alkyl halides is 4. The number of aryl methyl sites for hydroxylation is 1. The van der Waals surface area contributed by atoms with Crippen LogP contribution in [-0.2, 0) is 11.3 Å². The number of piperidine rings is 1. The van der Waals surface area contributed by atoms with Gasteiger partial charge in [0.25, 0.3) is 12.3 Å². The molecule has 3 aromatic heterocycles. The van der Waals surface area contributed by atoms with Crippen molar-refractivity contribution >= 4 is 22.5 Å². The van der Waals surface area contributed by atoms with Crippen molar-refractivity contribution in [1.29, 1.82) is 0 Å². The number of fused-ring (bicyclic) bond motifs is 2. The smallest absolute Gasteiger partial charge is 0.280 e. The highest BCUT2D eigenvalue weighted by Gasteiger charge is 2.45. The number of ether oxygens (including phenoxy) is 2.